The van der Waals surface area contributed by atoms with Crippen LogP contribution < -0.4 is 5.73 Å². The quantitative estimate of drug-likeness (QED) is 0.801. The number of amides is 1. The van der Waals surface area contributed by atoms with Gasteiger partial charge >= 0.3 is 0 Å². The van der Waals surface area contributed by atoms with E-state index in [1.165, 1.54) is 5.56 Å². The van der Waals surface area contributed by atoms with Gasteiger partial charge in [-0.15, -0.1) is 0 Å². The first-order chi connectivity index (χ1) is 10.7. The van der Waals surface area contributed by atoms with Gasteiger partial charge in [-0.25, -0.2) is 0 Å². The van der Waals surface area contributed by atoms with Gasteiger partial charge in [0.1, 0.15) is 0 Å². The third-order valence-corrected chi connectivity index (χ3v) is 4.44. The molecule has 4 nitrogen and oxygen atoms in total. The van der Waals surface area contributed by atoms with Crippen molar-refractivity contribution < 1.29 is 9.53 Å². The monoisotopic (exact) mass is 304 g/mol. The number of rotatable bonds is 8. The van der Waals surface area contributed by atoms with E-state index in [0.29, 0.717) is 13.2 Å². The molecular weight excluding hydrogens is 276 g/mol. The largest absolute Gasteiger partial charge is 0.383 e. The van der Waals surface area contributed by atoms with Crippen molar-refractivity contribution in [3.05, 3.63) is 35.9 Å². The molecule has 4 heteroatoms. The molecule has 2 atom stereocenters. The topological polar surface area (TPSA) is 55.6 Å². The zero-order valence-corrected chi connectivity index (χ0v) is 13.5. The zero-order valence-electron chi connectivity index (χ0n) is 13.5. The van der Waals surface area contributed by atoms with Crippen molar-refractivity contribution in [2.75, 3.05) is 26.8 Å². The second kappa shape index (κ2) is 8.91. The van der Waals surface area contributed by atoms with Gasteiger partial charge in [-0.3, -0.25) is 4.79 Å². The van der Waals surface area contributed by atoms with E-state index in [0.717, 1.165) is 38.6 Å². The molecule has 1 aliphatic carbocycles. The minimum atomic E-state index is 0.114. The van der Waals surface area contributed by atoms with Crippen LogP contribution in [-0.2, 0) is 16.0 Å². The maximum atomic E-state index is 12.7. The van der Waals surface area contributed by atoms with Crippen LogP contribution in [0.4, 0.5) is 0 Å². The number of nitrogens with zero attached hydrogens (tertiary/aromatic N) is 1. The van der Waals surface area contributed by atoms with Crippen molar-refractivity contribution in [2.24, 2.45) is 11.7 Å². The Kier molecular flexibility index (Phi) is 6.87. The second-order valence-electron chi connectivity index (χ2n) is 6.18. The highest BCUT2D eigenvalue weighted by Gasteiger charge is 2.30. The molecule has 122 valence electrons. The van der Waals surface area contributed by atoms with Crippen molar-refractivity contribution in [1.29, 1.82) is 0 Å². The van der Waals surface area contributed by atoms with Crippen LogP contribution in [0.15, 0.2) is 30.3 Å². The fraction of sp³-hybridized carbons (Fsp3) is 0.611. The molecule has 1 aliphatic rings. The molecule has 0 bridgehead atoms. The third-order valence-electron chi connectivity index (χ3n) is 4.44. The standard InChI is InChI=1S/C18H28N2O2/c1-22-13-12-20(18(21)16-9-10-17(19)14-16)11-5-8-15-6-3-2-4-7-15/h2-4,6-7,16-17H,5,8-14,19H2,1H3. The highest BCUT2D eigenvalue weighted by atomic mass is 16.5. The first-order valence-corrected chi connectivity index (χ1v) is 8.28. The van der Waals surface area contributed by atoms with Gasteiger partial charge in [0.2, 0.25) is 5.91 Å². The summed E-state index contributed by atoms with van der Waals surface area (Å²) in [7, 11) is 1.68. The molecule has 2 unspecified atom stereocenters. The molecule has 0 aromatic heterocycles. The minimum absolute atomic E-state index is 0.114. The Morgan fingerprint density at radius 2 is 2.05 bits per heavy atom. The lowest BCUT2D eigenvalue weighted by atomic mass is 10.1. The summed E-state index contributed by atoms with van der Waals surface area (Å²) in [6.45, 7) is 2.06. The number of benzene rings is 1. The summed E-state index contributed by atoms with van der Waals surface area (Å²) >= 11 is 0. The van der Waals surface area contributed by atoms with Gasteiger partial charge in [-0.1, -0.05) is 30.3 Å². The lowest BCUT2D eigenvalue weighted by Crippen LogP contribution is -2.39. The van der Waals surface area contributed by atoms with Crippen molar-refractivity contribution in [3.63, 3.8) is 0 Å². The molecule has 22 heavy (non-hydrogen) atoms. The first kappa shape index (κ1) is 17.0. The van der Waals surface area contributed by atoms with Crippen molar-refractivity contribution in [2.45, 2.75) is 38.1 Å². The van der Waals surface area contributed by atoms with Crippen LogP contribution in [0.1, 0.15) is 31.2 Å². The van der Waals surface area contributed by atoms with Gasteiger partial charge in [0, 0.05) is 32.2 Å². The molecule has 0 radical (unpaired) electrons. The minimum Gasteiger partial charge on any atom is -0.383 e. The van der Waals surface area contributed by atoms with Crippen LogP contribution in [0.3, 0.4) is 0 Å². The van der Waals surface area contributed by atoms with Gasteiger partial charge < -0.3 is 15.4 Å². The van der Waals surface area contributed by atoms with E-state index in [1.54, 1.807) is 7.11 Å². The summed E-state index contributed by atoms with van der Waals surface area (Å²) in [4.78, 5) is 14.6. The maximum Gasteiger partial charge on any atom is 0.225 e. The number of aryl methyl sites for hydroxylation is 1. The molecular formula is C18H28N2O2. The Bertz CT molecular complexity index is 450. The Balaban J connectivity index is 1.84. The van der Waals surface area contributed by atoms with Gasteiger partial charge in [0.15, 0.2) is 0 Å². The molecule has 1 aromatic rings. The predicted octanol–water partition coefficient (Wildman–Crippen LogP) is 2.22. The summed E-state index contributed by atoms with van der Waals surface area (Å²) in [6, 6.07) is 10.6. The Morgan fingerprint density at radius 1 is 1.27 bits per heavy atom. The Hall–Kier alpha value is -1.39. The highest BCUT2D eigenvalue weighted by molar-refractivity contribution is 5.79. The van der Waals surface area contributed by atoms with E-state index in [9.17, 15) is 4.79 Å². The first-order valence-electron chi connectivity index (χ1n) is 8.28. The van der Waals surface area contributed by atoms with Crippen molar-refractivity contribution in [3.8, 4) is 0 Å². The number of nitrogens with two attached hydrogens (primary N) is 1. The fourth-order valence-electron chi connectivity index (χ4n) is 3.15. The van der Waals surface area contributed by atoms with Gasteiger partial charge in [-0.2, -0.15) is 0 Å². The summed E-state index contributed by atoms with van der Waals surface area (Å²) in [5.74, 6) is 0.377. The lowest BCUT2D eigenvalue weighted by molar-refractivity contribution is -0.136. The van der Waals surface area contributed by atoms with Gasteiger partial charge in [0.25, 0.3) is 0 Å². The SMILES string of the molecule is COCCN(CCCc1ccccc1)C(=O)C1CCC(N)C1. The number of carbonyl (C=O) groups is 1. The zero-order chi connectivity index (χ0) is 15.8. The average Bonchev–Trinajstić information content (AvgIpc) is 2.97. The third kappa shape index (κ3) is 5.11. The van der Waals surface area contributed by atoms with E-state index < -0.39 is 0 Å². The van der Waals surface area contributed by atoms with E-state index in [-0.39, 0.29) is 17.9 Å². The van der Waals surface area contributed by atoms with Crippen molar-refractivity contribution in [1.82, 2.24) is 4.90 Å². The smallest absolute Gasteiger partial charge is 0.225 e. The van der Waals surface area contributed by atoms with Gasteiger partial charge in [0.05, 0.1) is 6.61 Å². The van der Waals surface area contributed by atoms with E-state index in [1.807, 2.05) is 11.0 Å². The summed E-state index contributed by atoms with van der Waals surface area (Å²) in [6.07, 6.45) is 4.72. The number of hydrogen-bond donors (Lipinski definition) is 1. The van der Waals surface area contributed by atoms with E-state index in [2.05, 4.69) is 24.3 Å². The Labute approximate surface area is 133 Å². The molecule has 0 aliphatic heterocycles. The van der Waals surface area contributed by atoms with Crippen molar-refractivity contribution >= 4 is 5.91 Å². The molecule has 1 amide bonds. The summed E-state index contributed by atoms with van der Waals surface area (Å²) < 4.78 is 5.15. The summed E-state index contributed by atoms with van der Waals surface area (Å²) in [5.41, 5.74) is 7.27. The van der Waals surface area contributed by atoms with Crippen LogP contribution in [0.2, 0.25) is 0 Å². The summed E-state index contributed by atoms with van der Waals surface area (Å²) in [5, 5.41) is 0. The average molecular weight is 304 g/mol. The van der Waals surface area contributed by atoms with E-state index in [4.69, 9.17) is 10.5 Å². The second-order valence-corrected chi connectivity index (χ2v) is 6.18. The normalized spacial score (nSPS) is 21.0. The molecule has 0 spiro atoms. The fourth-order valence-corrected chi connectivity index (χ4v) is 3.15. The molecule has 2 rings (SSSR count). The van der Waals surface area contributed by atoms with Crippen LogP contribution in [0.5, 0.6) is 0 Å². The molecule has 1 aromatic carbocycles. The number of ether oxygens (including phenoxy) is 1. The number of carbonyl (C=O) groups excluding carboxylic acids is 1. The highest BCUT2D eigenvalue weighted by Crippen LogP contribution is 2.26. The molecule has 1 fully saturated rings. The lowest BCUT2D eigenvalue weighted by Gasteiger charge is -2.25. The Morgan fingerprint density at radius 3 is 2.68 bits per heavy atom. The maximum absolute atomic E-state index is 12.7. The molecule has 0 saturated heterocycles. The number of hydrogen-bond acceptors (Lipinski definition) is 3. The predicted molar refractivity (Wildman–Crippen MR) is 88.5 cm³/mol. The van der Waals surface area contributed by atoms with Gasteiger partial charge in [-0.05, 0) is 37.7 Å². The molecule has 2 N–H and O–H groups in total. The molecule has 0 heterocycles. The van der Waals surface area contributed by atoms with Crippen LogP contribution in [0, 0.1) is 5.92 Å². The number of methoxy groups -OCH3 is 1. The molecule has 1 saturated carbocycles. The van der Waals surface area contributed by atoms with Crippen LogP contribution in [-0.4, -0.2) is 43.7 Å². The van der Waals surface area contributed by atoms with E-state index >= 15 is 0 Å². The van der Waals surface area contributed by atoms with Crippen LogP contribution in [0.25, 0.3) is 0 Å². The van der Waals surface area contributed by atoms with Crippen LogP contribution >= 0.6 is 0 Å².